The lowest BCUT2D eigenvalue weighted by atomic mass is 10.2. The molecule has 0 unspecified atom stereocenters. The fourth-order valence-electron chi connectivity index (χ4n) is 2.31. The average molecular weight is 348 g/mol. The van der Waals surface area contributed by atoms with Crippen LogP contribution in [0.5, 0.6) is 0 Å². The number of esters is 1. The minimum absolute atomic E-state index is 0.0432. The molecule has 130 valence electrons. The first-order chi connectivity index (χ1) is 11.3. The molecule has 0 aromatic heterocycles. The molecule has 0 saturated heterocycles. The van der Waals surface area contributed by atoms with E-state index in [9.17, 15) is 9.59 Å². The van der Waals surface area contributed by atoms with E-state index < -0.39 is 4.75 Å². The van der Waals surface area contributed by atoms with Crippen molar-refractivity contribution in [3.63, 3.8) is 0 Å². The van der Waals surface area contributed by atoms with Gasteiger partial charge < -0.3 is 9.64 Å². The molecule has 1 aliphatic rings. The van der Waals surface area contributed by atoms with Crippen LogP contribution in [-0.4, -0.2) is 39.7 Å². The van der Waals surface area contributed by atoms with Gasteiger partial charge in [0.25, 0.3) is 0 Å². The Morgan fingerprint density at radius 3 is 2.42 bits per heavy atom. The minimum atomic E-state index is -0.614. The fourth-order valence-corrected chi connectivity index (χ4v) is 3.31. The van der Waals surface area contributed by atoms with Gasteiger partial charge in [0.05, 0.1) is 13.3 Å². The quantitative estimate of drug-likeness (QED) is 0.584. The van der Waals surface area contributed by atoms with Crippen LogP contribution in [0.15, 0.2) is 41.6 Å². The molecule has 0 saturated carbocycles. The van der Waals surface area contributed by atoms with Gasteiger partial charge in [-0.2, -0.15) is 0 Å². The molecule has 0 bridgehead atoms. The lowest BCUT2D eigenvalue weighted by Gasteiger charge is -2.22. The van der Waals surface area contributed by atoms with Gasteiger partial charge in [0, 0.05) is 30.8 Å². The summed E-state index contributed by atoms with van der Waals surface area (Å²) in [5.74, 6) is -0.160. The first-order valence-corrected chi connectivity index (χ1v) is 8.78. The molecule has 2 rings (SSSR count). The number of thioether (sulfide) groups is 1. The Bertz CT molecular complexity index is 626. The highest BCUT2D eigenvalue weighted by atomic mass is 32.2. The molecule has 1 heterocycles. The molecule has 1 aliphatic heterocycles. The Morgan fingerprint density at radius 2 is 1.88 bits per heavy atom. The van der Waals surface area contributed by atoms with E-state index in [1.54, 1.807) is 18.0 Å². The molecular weight excluding hydrogens is 324 g/mol. The molecule has 1 aromatic rings. The lowest BCUT2D eigenvalue weighted by molar-refractivity contribution is -0.145. The number of rotatable bonds is 6. The number of carbonyl (C=O) groups is 2. The summed E-state index contributed by atoms with van der Waals surface area (Å²) in [6.45, 7) is 8.83. The van der Waals surface area contributed by atoms with Crippen molar-refractivity contribution in [2.24, 2.45) is 0 Å². The van der Waals surface area contributed by atoms with Gasteiger partial charge in [-0.05, 0) is 38.5 Å². The molecule has 5 nitrogen and oxygen atoms in total. The van der Waals surface area contributed by atoms with E-state index in [1.165, 1.54) is 11.8 Å². The van der Waals surface area contributed by atoms with E-state index in [1.807, 2.05) is 51.2 Å². The summed E-state index contributed by atoms with van der Waals surface area (Å²) in [5.41, 5.74) is 1.16. The van der Waals surface area contributed by atoms with Crippen molar-refractivity contribution in [2.75, 3.05) is 13.3 Å². The molecule has 1 aromatic carbocycles. The van der Waals surface area contributed by atoms with Gasteiger partial charge in [-0.1, -0.05) is 12.1 Å². The first-order valence-electron chi connectivity index (χ1n) is 7.96. The number of amides is 1. The summed E-state index contributed by atoms with van der Waals surface area (Å²) in [7, 11) is 0. The van der Waals surface area contributed by atoms with Crippen LogP contribution in [0.1, 0.15) is 33.3 Å². The summed E-state index contributed by atoms with van der Waals surface area (Å²) >= 11 is 1.49. The van der Waals surface area contributed by atoms with Gasteiger partial charge in [0.2, 0.25) is 5.91 Å². The van der Waals surface area contributed by atoms with Crippen LogP contribution in [0.3, 0.4) is 0 Å². The molecule has 0 aliphatic carbocycles. The van der Waals surface area contributed by atoms with Crippen molar-refractivity contribution in [2.45, 2.75) is 43.9 Å². The minimum Gasteiger partial charge on any atom is -0.465 e. The van der Waals surface area contributed by atoms with Gasteiger partial charge in [-0.3, -0.25) is 14.5 Å². The fraction of sp³-hybridized carbons (Fsp3) is 0.444. The second kappa shape index (κ2) is 7.75. The van der Waals surface area contributed by atoms with E-state index in [0.29, 0.717) is 13.3 Å². The van der Waals surface area contributed by atoms with Crippen molar-refractivity contribution >= 4 is 23.6 Å². The van der Waals surface area contributed by atoms with E-state index in [-0.39, 0.29) is 11.9 Å². The van der Waals surface area contributed by atoms with E-state index >= 15 is 0 Å². The predicted octanol–water partition coefficient (Wildman–Crippen LogP) is 3.21. The van der Waals surface area contributed by atoms with Gasteiger partial charge in [0.15, 0.2) is 0 Å². The van der Waals surface area contributed by atoms with Gasteiger partial charge in [-0.25, -0.2) is 0 Å². The van der Waals surface area contributed by atoms with Crippen LogP contribution in [0.4, 0.5) is 0 Å². The van der Waals surface area contributed by atoms with Crippen LogP contribution in [0.25, 0.3) is 0 Å². The smallest absolute Gasteiger partial charge is 0.321 e. The van der Waals surface area contributed by atoms with Crippen molar-refractivity contribution in [3.8, 4) is 0 Å². The topological polar surface area (TPSA) is 49.9 Å². The van der Waals surface area contributed by atoms with E-state index in [4.69, 9.17) is 4.74 Å². The Kier molecular flexibility index (Phi) is 5.94. The zero-order chi connectivity index (χ0) is 17.7. The summed E-state index contributed by atoms with van der Waals surface area (Å²) in [5, 5.41) is 0. The van der Waals surface area contributed by atoms with Gasteiger partial charge in [0.1, 0.15) is 4.75 Å². The van der Waals surface area contributed by atoms with Crippen LogP contribution < -0.4 is 0 Å². The first kappa shape index (κ1) is 18.4. The molecule has 0 N–H and O–H groups in total. The Labute approximate surface area is 147 Å². The summed E-state index contributed by atoms with van der Waals surface area (Å²) in [4.78, 5) is 28.1. The molecule has 1 amide bonds. The third-order valence-corrected chi connectivity index (χ3v) is 4.83. The predicted molar refractivity (Wildman–Crippen MR) is 95.1 cm³/mol. The lowest BCUT2D eigenvalue weighted by Crippen LogP contribution is -2.29. The molecule has 0 atom stereocenters. The summed E-state index contributed by atoms with van der Waals surface area (Å²) in [6, 6.07) is 8.13. The molecule has 0 fully saturated rings. The highest BCUT2D eigenvalue weighted by Gasteiger charge is 2.30. The van der Waals surface area contributed by atoms with Gasteiger partial charge in [-0.15, -0.1) is 11.8 Å². The number of benzene rings is 1. The van der Waals surface area contributed by atoms with Crippen LogP contribution in [-0.2, 0) is 20.9 Å². The molecular formula is C18H24N2O3S. The van der Waals surface area contributed by atoms with Crippen molar-refractivity contribution in [3.05, 3.63) is 42.2 Å². The van der Waals surface area contributed by atoms with Gasteiger partial charge >= 0.3 is 5.97 Å². The SMILES string of the molecule is CCOC(=O)C(C)(C)Sc1ccc(CN2C=CN(C(C)=O)C2)cc1. The van der Waals surface area contributed by atoms with Crippen LogP contribution in [0, 0.1) is 0 Å². The van der Waals surface area contributed by atoms with Crippen molar-refractivity contribution in [1.29, 1.82) is 0 Å². The molecule has 0 radical (unpaired) electrons. The Morgan fingerprint density at radius 1 is 1.21 bits per heavy atom. The second-order valence-electron chi connectivity index (χ2n) is 6.15. The zero-order valence-corrected chi connectivity index (χ0v) is 15.4. The van der Waals surface area contributed by atoms with Crippen molar-refractivity contribution < 1.29 is 14.3 Å². The Hall–Kier alpha value is -1.95. The highest BCUT2D eigenvalue weighted by molar-refractivity contribution is 8.01. The maximum absolute atomic E-state index is 12.0. The monoisotopic (exact) mass is 348 g/mol. The number of carbonyl (C=O) groups excluding carboxylic acids is 2. The van der Waals surface area contributed by atoms with E-state index in [0.717, 1.165) is 17.0 Å². The van der Waals surface area contributed by atoms with Crippen molar-refractivity contribution in [1.82, 2.24) is 9.80 Å². The number of nitrogens with zero attached hydrogens (tertiary/aromatic N) is 2. The maximum Gasteiger partial charge on any atom is 0.321 e. The normalized spacial score (nSPS) is 14.2. The van der Waals surface area contributed by atoms with E-state index in [2.05, 4.69) is 4.90 Å². The van der Waals surface area contributed by atoms with Crippen LogP contribution in [0.2, 0.25) is 0 Å². The molecule has 24 heavy (non-hydrogen) atoms. The average Bonchev–Trinajstić information content (AvgIpc) is 2.98. The standard InChI is InChI=1S/C18H24N2O3S/c1-5-23-17(22)18(3,4)24-16-8-6-15(7-9-16)12-19-10-11-20(13-19)14(2)21/h6-11H,5,12-13H2,1-4H3. The number of ether oxygens (including phenoxy) is 1. The highest BCUT2D eigenvalue weighted by Crippen LogP contribution is 2.33. The maximum atomic E-state index is 12.0. The number of hydrogen-bond donors (Lipinski definition) is 0. The second-order valence-corrected chi connectivity index (χ2v) is 7.85. The third-order valence-electron chi connectivity index (χ3n) is 3.64. The third kappa shape index (κ3) is 4.77. The molecule has 6 heteroatoms. The van der Waals surface area contributed by atoms with Crippen LogP contribution >= 0.6 is 11.8 Å². The largest absolute Gasteiger partial charge is 0.465 e. The zero-order valence-electron chi connectivity index (χ0n) is 14.6. The summed E-state index contributed by atoms with van der Waals surface area (Å²) < 4.78 is 4.50. The summed E-state index contributed by atoms with van der Waals surface area (Å²) in [6.07, 6.45) is 3.72. The molecule has 0 spiro atoms. The number of hydrogen-bond acceptors (Lipinski definition) is 5. The Balaban J connectivity index is 1.93.